The fourth-order valence-electron chi connectivity index (χ4n) is 7.09. The molecule has 3 heterocycles. The molecule has 1 aliphatic carbocycles. The van der Waals surface area contributed by atoms with Gasteiger partial charge in [-0.05, 0) is 70.8 Å². The Kier molecular flexibility index (Phi) is 4.39. The Morgan fingerprint density at radius 1 is 0.561 bits per heavy atom. The third kappa shape index (κ3) is 3.06. The van der Waals surface area contributed by atoms with E-state index in [1.165, 1.54) is 49.4 Å². The lowest BCUT2D eigenvalue weighted by Gasteiger charge is -2.21. The van der Waals surface area contributed by atoms with E-state index < -0.39 is 0 Å². The number of rotatable bonds is 2. The van der Waals surface area contributed by atoms with Gasteiger partial charge in [0, 0.05) is 32.8 Å². The molecule has 3 heteroatoms. The molecule has 0 unspecified atom stereocenters. The summed E-state index contributed by atoms with van der Waals surface area (Å²) in [6, 6.07) is 46.2. The van der Waals surface area contributed by atoms with Crippen LogP contribution in [0.25, 0.3) is 66.3 Å². The number of hydrogen-bond donors (Lipinski definition) is 0. The van der Waals surface area contributed by atoms with Crippen molar-refractivity contribution in [2.75, 3.05) is 0 Å². The normalized spacial score (nSPS) is 13.8. The van der Waals surface area contributed by atoms with Gasteiger partial charge in [-0.25, -0.2) is 4.52 Å². The zero-order valence-electron chi connectivity index (χ0n) is 23.0. The van der Waals surface area contributed by atoms with Gasteiger partial charge in [0.15, 0.2) is 0 Å². The van der Waals surface area contributed by atoms with Crippen LogP contribution in [0.5, 0.6) is 0 Å². The fraction of sp³-hybridized carbons (Fsp3) is 0.0789. The summed E-state index contributed by atoms with van der Waals surface area (Å²) in [5.41, 5.74) is 13.3. The van der Waals surface area contributed by atoms with Gasteiger partial charge in [-0.3, -0.25) is 0 Å². The maximum Gasteiger partial charge on any atom is 0.0934 e. The van der Waals surface area contributed by atoms with Crippen molar-refractivity contribution in [3.8, 4) is 28.1 Å². The average Bonchev–Trinajstić information content (AvgIpc) is 3.66. The van der Waals surface area contributed by atoms with Gasteiger partial charge in [-0.15, -0.1) is 0 Å². The summed E-state index contributed by atoms with van der Waals surface area (Å²) >= 11 is 0. The quantitative estimate of drug-likeness (QED) is 0.220. The smallest absolute Gasteiger partial charge is 0.0934 e. The van der Waals surface area contributed by atoms with E-state index in [-0.39, 0.29) is 5.41 Å². The van der Waals surface area contributed by atoms with Crippen molar-refractivity contribution in [2.24, 2.45) is 0 Å². The molecule has 0 bridgehead atoms. The summed E-state index contributed by atoms with van der Waals surface area (Å²) in [6.45, 7) is 4.70. The van der Waals surface area contributed by atoms with Crippen molar-refractivity contribution in [3.63, 3.8) is 0 Å². The van der Waals surface area contributed by atoms with Crippen molar-refractivity contribution >= 4 is 38.2 Å². The number of hydrogen-bond acceptors (Lipinski definition) is 1. The van der Waals surface area contributed by atoms with E-state index in [0.29, 0.717) is 0 Å². The first kappa shape index (κ1) is 22.6. The molecule has 0 radical (unpaired) electrons. The molecular formula is C38H27N3. The zero-order valence-corrected chi connectivity index (χ0v) is 23.0. The number of nitrogens with zero attached hydrogens (tertiary/aromatic N) is 3. The maximum atomic E-state index is 5.05. The Morgan fingerprint density at radius 3 is 2.29 bits per heavy atom. The molecule has 0 amide bonds. The lowest BCUT2D eigenvalue weighted by atomic mass is 9.82. The Hall–Kier alpha value is -5.15. The molecule has 1 aliphatic rings. The molecule has 0 fully saturated rings. The Labute approximate surface area is 237 Å². The molecule has 9 rings (SSSR count). The van der Waals surface area contributed by atoms with Crippen LogP contribution in [0.1, 0.15) is 25.0 Å². The van der Waals surface area contributed by atoms with Crippen LogP contribution in [0.4, 0.5) is 0 Å². The van der Waals surface area contributed by atoms with E-state index in [1.807, 2.05) is 0 Å². The molecule has 0 aliphatic heterocycles. The molecule has 3 nitrogen and oxygen atoms in total. The summed E-state index contributed by atoms with van der Waals surface area (Å²) in [4.78, 5) is 0. The molecule has 0 atom stereocenters. The third-order valence-corrected chi connectivity index (χ3v) is 9.11. The monoisotopic (exact) mass is 525 g/mol. The van der Waals surface area contributed by atoms with Gasteiger partial charge in [-0.2, -0.15) is 5.10 Å². The first-order valence-electron chi connectivity index (χ1n) is 14.2. The molecule has 0 saturated carbocycles. The molecule has 0 saturated heterocycles. The minimum absolute atomic E-state index is 0.0312. The standard InChI is InChI=1S/C38H27N3/c1-38(2)32-15-6-4-13-28(32)30-23-37-31(22-33(30)38)29-14-5-8-17-36(29)40(37)26-12-9-11-25(20-26)34-21-27-19-18-24-10-3-7-16-35(24)41(27)39-34/h3-23H,1-2H3. The molecule has 0 N–H and O–H groups in total. The van der Waals surface area contributed by atoms with Crippen LogP contribution in [-0.4, -0.2) is 14.2 Å². The van der Waals surface area contributed by atoms with E-state index in [2.05, 4.69) is 150 Å². The van der Waals surface area contributed by atoms with Gasteiger partial charge in [0.2, 0.25) is 0 Å². The average molecular weight is 526 g/mol. The number of pyridine rings is 1. The molecule has 41 heavy (non-hydrogen) atoms. The van der Waals surface area contributed by atoms with Gasteiger partial charge >= 0.3 is 0 Å². The number of fused-ring (bicyclic) bond motifs is 9. The molecule has 194 valence electrons. The van der Waals surface area contributed by atoms with Crippen LogP contribution < -0.4 is 0 Å². The van der Waals surface area contributed by atoms with E-state index in [1.54, 1.807) is 0 Å². The summed E-state index contributed by atoms with van der Waals surface area (Å²) < 4.78 is 4.48. The van der Waals surface area contributed by atoms with Crippen LogP contribution in [0, 0.1) is 0 Å². The van der Waals surface area contributed by atoms with Crippen molar-refractivity contribution in [1.29, 1.82) is 0 Å². The molecular weight excluding hydrogens is 498 g/mol. The maximum absolute atomic E-state index is 5.05. The topological polar surface area (TPSA) is 22.2 Å². The van der Waals surface area contributed by atoms with Gasteiger partial charge in [0.05, 0.1) is 27.8 Å². The Balaban J connectivity index is 1.29. The van der Waals surface area contributed by atoms with Crippen LogP contribution in [-0.2, 0) is 5.41 Å². The number of benzene rings is 5. The van der Waals surface area contributed by atoms with Crippen LogP contribution in [0.3, 0.4) is 0 Å². The van der Waals surface area contributed by atoms with E-state index in [0.717, 1.165) is 28.0 Å². The van der Waals surface area contributed by atoms with Crippen LogP contribution >= 0.6 is 0 Å². The van der Waals surface area contributed by atoms with Gasteiger partial charge in [0.1, 0.15) is 0 Å². The SMILES string of the molecule is CC1(C)c2ccccc2-c2cc3c(cc21)c1ccccc1n3-c1cccc(-c2cc3ccc4ccccc4n3n2)c1. The molecule has 0 spiro atoms. The van der Waals surface area contributed by atoms with E-state index in [9.17, 15) is 0 Å². The van der Waals surface area contributed by atoms with Crippen LogP contribution in [0.15, 0.2) is 127 Å². The van der Waals surface area contributed by atoms with Gasteiger partial charge in [0.25, 0.3) is 0 Å². The molecule has 5 aromatic carbocycles. The molecule has 8 aromatic rings. The summed E-state index contributed by atoms with van der Waals surface area (Å²) in [7, 11) is 0. The third-order valence-electron chi connectivity index (χ3n) is 9.11. The zero-order chi connectivity index (χ0) is 27.3. The van der Waals surface area contributed by atoms with Crippen molar-refractivity contribution in [2.45, 2.75) is 19.3 Å². The highest BCUT2D eigenvalue weighted by atomic mass is 15.2. The second kappa shape index (κ2) is 7.96. The van der Waals surface area contributed by atoms with Gasteiger partial charge in [-0.1, -0.05) is 92.7 Å². The largest absolute Gasteiger partial charge is 0.309 e. The predicted octanol–water partition coefficient (Wildman–Crippen LogP) is 9.56. The summed E-state index contributed by atoms with van der Waals surface area (Å²) in [6.07, 6.45) is 0. The van der Waals surface area contributed by atoms with Gasteiger partial charge < -0.3 is 4.57 Å². The Bertz CT molecular complexity index is 2350. The van der Waals surface area contributed by atoms with E-state index >= 15 is 0 Å². The highest BCUT2D eigenvalue weighted by molar-refractivity contribution is 6.11. The highest BCUT2D eigenvalue weighted by Gasteiger charge is 2.36. The summed E-state index contributed by atoms with van der Waals surface area (Å²) in [5.74, 6) is 0. The summed E-state index contributed by atoms with van der Waals surface area (Å²) in [5, 5.41) is 8.82. The fourth-order valence-corrected chi connectivity index (χ4v) is 7.09. The minimum Gasteiger partial charge on any atom is -0.309 e. The van der Waals surface area contributed by atoms with Crippen molar-refractivity contribution in [3.05, 3.63) is 139 Å². The second-order valence-corrected chi connectivity index (χ2v) is 11.7. The Morgan fingerprint density at radius 2 is 1.37 bits per heavy atom. The minimum atomic E-state index is -0.0312. The van der Waals surface area contributed by atoms with Crippen LogP contribution in [0.2, 0.25) is 0 Å². The van der Waals surface area contributed by atoms with Crippen molar-refractivity contribution in [1.82, 2.24) is 14.2 Å². The molecule has 3 aromatic heterocycles. The second-order valence-electron chi connectivity index (χ2n) is 11.7. The lowest BCUT2D eigenvalue weighted by molar-refractivity contribution is 0.661. The first-order chi connectivity index (χ1) is 20.1. The van der Waals surface area contributed by atoms with E-state index in [4.69, 9.17) is 5.10 Å². The predicted molar refractivity (Wildman–Crippen MR) is 170 cm³/mol. The first-order valence-corrected chi connectivity index (χ1v) is 14.2. The van der Waals surface area contributed by atoms with Crippen molar-refractivity contribution < 1.29 is 0 Å². The number of aromatic nitrogens is 3. The highest BCUT2D eigenvalue weighted by Crippen LogP contribution is 2.51. The lowest BCUT2D eigenvalue weighted by Crippen LogP contribution is -2.14. The number of para-hydroxylation sites is 2.